The normalized spacial score (nSPS) is 12.9. The summed E-state index contributed by atoms with van der Waals surface area (Å²) in [6, 6.07) is 17.7. The molecule has 0 saturated carbocycles. The van der Waals surface area contributed by atoms with Gasteiger partial charge in [0.05, 0.1) is 12.0 Å². The molecule has 3 amide bonds. The molecule has 10 nitrogen and oxygen atoms in total. The fourth-order valence-corrected chi connectivity index (χ4v) is 4.59. The average Bonchev–Trinajstić information content (AvgIpc) is 3.36. The number of benzene rings is 3. The molecule has 1 atom stereocenters. The van der Waals surface area contributed by atoms with Gasteiger partial charge in [-0.2, -0.15) is 0 Å². The van der Waals surface area contributed by atoms with Gasteiger partial charge in [0.2, 0.25) is 12.7 Å². The number of amides is 3. The molecule has 0 spiro atoms. The number of nitrogens with zero attached hydrogens (tertiary/aromatic N) is 1. The van der Waals surface area contributed by atoms with Crippen LogP contribution in [0.25, 0.3) is 0 Å². The average molecular weight is 512 g/mol. The molecule has 0 radical (unpaired) electrons. The van der Waals surface area contributed by atoms with E-state index in [-0.39, 0.29) is 18.1 Å². The monoisotopic (exact) mass is 511 g/mol. The third-order valence-corrected chi connectivity index (χ3v) is 6.87. The van der Waals surface area contributed by atoms with E-state index in [0.29, 0.717) is 22.9 Å². The van der Waals surface area contributed by atoms with E-state index in [4.69, 9.17) is 14.2 Å². The van der Waals surface area contributed by atoms with E-state index in [1.54, 1.807) is 31.3 Å². The summed E-state index contributed by atoms with van der Waals surface area (Å²) in [7, 11) is -1.25. The van der Waals surface area contributed by atoms with Crippen molar-refractivity contribution in [3.8, 4) is 17.2 Å². The highest BCUT2D eigenvalue weighted by molar-refractivity contribution is 7.90. The van der Waals surface area contributed by atoms with Crippen molar-refractivity contribution in [2.24, 2.45) is 0 Å². The molecule has 0 bridgehead atoms. The Morgan fingerprint density at radius 1 is 1.00 bits per heavy atom. The molecule has 36 heavy (non-hydrogen) atoms. The van der Waals surface area contributed by atoms with Gasteiger partial charge in [-0.3, -0.25) is 4.79 Å². The molecular weight excluding hydrogens is 486 g/mol. The molecule has 1 aliphatic heterocycles. The second-order valence-corrected chi connectivity index (χ2v) is 9.62. The van der Waals surface area contributed by atoms with Crippen LogP contribution in [0.5, 0.6) is 17.2 Å². The number of anilines is 1. The van der Waals surface area contributed by atoms with Crippen molar-refractivity contribution in [2.45, 2.75) is 17.4 Å². The summed E-state index contributed by atoms with van der Waals surface area (Å²) < 4.78 is 43.2. The second kappa shape index (κ2) is 10.6. The number of urea groups is 1. The molecule has 0 aromatic heterocycles. The molecule has 2 N–H and O–H groups in total. The number of nitrogens with one attached hydrogen (secondary N) is 2. The Labute approximate surface area is 208 Å². The summed E-state index contributed by atoms with van der Waals surface area (Å²) in [4.78, 5) is 27.4. The van der Waals surface area contributed by atoms with E-state index in [1.807, 2.05) is 35.1 Å². The van der Waals surface area contributed by atoms with Crippen LogP contribution in [0.3, 0.4) is 0 Å². The highest BCUT2D eigenvalue weighted by Crippen LogP contribution is 2.35. The van der Waals surface area contributed by atoms with E-state index in [0.717, 1.165) is 5.56 Å². The number of fused-ring (bicyclic) bond motifs is 1. The zero-order valence-electron chi connectivity index (χ0n) is 19.6. The van der Waals surface area contributed by atoms with Gasteiger partial charge >= 0.3 is 6.03 Å². The van der Waals surface area contributed by atoms with E-state index < -0.39 is 28.0 Å². The Hall–Kier alpha value is -4.25. The highest BCUT2D eigenvalue weighted by atomic mass is 32.2. The van der Waals surface area contributed by atoms with Crippen LogP contribution in [0.1, 0.15) is 5.56 Å². The zero-order chi connectivity index (χ0) is 25.7. The van der Waals surface area contributed by atoms with Gasteiger partial charge in [-0.1, -0.05) is 36.4 Å². The van der Waals surface area contributed by atoms with Crippen molar-refractivity contribution in [3.05, 3.63) is 78.4 Å². The Bertz CT molecular complexity index is 1360. The number of carbonyl (C=O) groups is 2. The van der Waals surface area contributed by atoms with Crippen molar-refractivity contribution in [1.29, 1.82) is 0 Å². The second-order valence-electron chi connectivity index (χ2n) is 7.94. The maximum absolute atomic E-state index is 13.4. The number of likely N-dealkylation sites (N-methyl/N-ethyl adjacent to an activating group) is 1. The summed E-state index contributed by atoms with van der Waals surface area (Å²) in [5.74, 6) is 0.940. The van der Waals surface area contributed by atoms with Crippen molar-refractivity contribution in [3.63, 3.8) is 0 Å². The zero-order valence-corrected chi connectivity index (χ0v) is 20.4. The number of hydrogen-bond acceptors (Lipinski definition) is 7. The number of methoxy groups -OCH3 is 1. The molecule has 188 valence electrons. The van der Waals surface area contributed by atoms with Gasteiger partial charge in [0.25, 0.3) is 10.0 Å². The van der Waals surface area contributed by atoms with Crippen LogP contribution >= 0.6 is 0 Å². The van der Waals surface area contributed by atoms with Crippen LogP contribution in [0.4, 0.5) is 10.5 Å². The lowest BCUT2D eigenvalue weighted by Crippen LogP contribution is -2.52. The number of carbonyl (C=O) groups excluding carboxylic acids is 2. The standard InChI is InChI=1S/C25H25N3O7S/c1-28(18-11-12-22-23(14-18)35-16-34-22)24(29)21(13-17-7-4-3-5-8-17)26-25(30)27-36(31,32)20-10-6-9-19(15-20)33-2/h3-12,14-15,21H,13,16H2,1-2H3,(H2,26,27,30). The third-order valence-electron chi connectivity index (χ3n) is 5.54. The van der Waals surface area contributed by atoms with Crippen LogP contribution in [-0.2, 0) is 21.2 Å². The predicted octanol–water partition coefficient (Wildman–Crippen LogP) is 2.69. The van der Waals surface area contributed by atoms with Crippen molar-refractivity contribution < 1.29 is 32.2 Å². The Morgan fingerprint density at radius 2 is 1.75 bits per heavy atom. The first-order valence-electron chi connectivity index (χ1n) is 11.0. The summed E-state index contributed by atoms with van der Waals surface area (Å²) in [6.45, 7) is 0.0938. The van der Waals surface area contributed by atoms with E-state index in [1.165, 1.54) is 30.2 Å². The van der Waals surface area contributed by atoms with Crippen LogP contribution < -0.4 is 29.1 Å². The van der Waals surface area contributed by atoms with E-state index in [2.05, 4.69) is 5.32 Å². The number of sulfonamides is 1. The summed E-state index contributed by atoms with van der Waals surface area (Å²) in [5, 5.41) is 2.52. The van der Waals surface area contributed by atoms with Gasteiger partial charge in [-0.05, 0) is 29.8 Å². The quantitative estimate of drug-likeness (QED) is 0.477. The summed E-state index contributed by atoms with van der Waals surface area (Å²) in [6.07, 6.45) is 0.140. The molecule has 0 saturated heterocycles. The topological polar surface area (TPSA) is 123 Å². The maximum atomic E-state index is 13.4. The van der Waals surface area contributed by atoms with Crippen molar-refractivity contribution in [1.82, 2.24) is 10.0 Å². The molecule has 0 aliphatic carbocycles. The number of ether oxygens (including phenoxy) is 3. The molecule has 3 aromatic carbocycles. The van der Waals surface area contributed by atoms with Crippen molar-refractivity contribution in [2.75, 3.05) is 25.9 Å². The Morgan fingerprint density at radius 3 is 2.50 bits per heavy atom. The van der Waals surface area contributed by atoms with Crippen LogP contribution in [0, 0.1) is 0 Å². The molecule has 1 unspecified atom stereocenters. The maximum Gasteiger partial charge on any atom is 0.329 e. The summed E-state index contributed by atoms with van der Waals surface area (Å²) in [5.41, 5.74) is 1.31. The fraction of sp³-hybridized carbons (Fsp3) is 0.200. The molecule has 1 heterocycles. The Kier molecular flexibility index (Phi) is 7.30. The van der Waals surface area contributed by atoms with Gasteiger partial charge in [-0.15, -0.1) is 0 Å². The lowest BCUT2D eigenvalue weighted by atomic mass is 10.0. The first kappa shape index (κ1) is 24.9. The van der Waals surface area contributed by atoms with Crippen LogP contribution in [0.2, 0.25) is 0 Å². The first-order chi connectivity index (χ1) is 17.3. The minimum Gasteiger partial charge on any atom is -0.497 e. The lowest BCUT2D eigenvalue weighted by molar-refractivity contribution is -0.120. The summed E-state index contributed by atoms with van der Waals surface area (Å²) >= 11 is 0. The largest absolute Gasteiger partial charge is 0.497 e. The molecule has 11 heteroatoms. The SMILES string of the molecule is COc1cccc(S(=O)(=O)NC(=O)NC(Cc2ccccc2)C(=O)N(C)c2ccc3c(c2)OCO3)c1. The molecule has 4 rings (SSSR count). The fourth-order valence-electron chi connectivity index (χ4n) is 3.64. The Balaban J connectivity index is 1.54. The van der Waals surface area contributed by atoms with Gasteiger partial charge < -0.3 is 24.4 Å². The molecule has 0 fully saturated rings. The molecule has 3 aromatic rings. The lowest BCUT2D eigenvalue weighted by Gasteiger charge is -2.25. The van der Waals surface area contributed by atoms with Gasteiger partial charge in [0, 0.05) is 31.3 Å². The smallest absolute Gasteiger partial charge is 0.329 e. The van der Waals surface area contributed by atoms with Gasteiger partial charge in [0.1, 0.15) is 11.8 Å². The number of hydrogen-bond donors (Lipinski definition) is 2. The van der Waals surface area contributed by atoms with Crippen molar-refractivity contribution >= 4 is 27.6 Å². The predicted molar refractivity (Wildman–Crippen MR) is 132 cm³/mol. The van der Waals surface area contributed by atoms with Gasteiger partial charge in [0.15, 0.2) is 11.5 Å². The van der Waals surface area contributed by atoms with E-state index in [9.17, 15) is 18.0 Å². The first-order valence-corrected chi connectivity index (χ1v) is 12.4. The number of rotatable bonds is 8. The minimum atomic E-state index is -4.21. The van der Waals surface area contributed by atoms with Crippen LogP contribution in [-0.4, -0.2) is 47.3 Å². The van der Waals surface area contributed by atoms with Crippen LogP contribution in [0.15, 0.2) is 77.7 Å². The third kappa shape index (κ3) is 5.69. The van der Waals surface area contributed by atoms with E-state index >= 15 is 0 Å². The molecular formula is C25H25N3O7S. The van der Waals surface area contributed by atoms with Gasteiger partial charge in [-0.25, -0.2) is 17.9 Å². The molecule has 1 aliphatic rings. The minimum absolute atomic E-state index is 0.0938. The highest BCUT2D eigenvalue weighted by Gasteiger charge is 2.28.